The van der Waals surface area contributed by atoms with Crippen LogP contribution in [-0.4, -0.2) is 26.7 Å². The third-order valence-corrected chi connectivity index (χ3v) is 4.79. The highest BCUT2D eigenvalue weighted by molar-refractivity contribution is 6.30. The van der Waals surface area contributed by atoms with E-state index in [1.807, 2.05) is 12.1 Å². The maximum Gasteiger partial charge on any atom is 0.354 e. The summed E-state index contributed by atoms with van der Waals surface area (Å²) in [7, 11) is 1.74. The number of hydrogen-bond acceptors (Lipinski definition) is 3. The van der Waals surface area contributed by atoms with Crippen molar-refractivity contribution in [3.63, 3.8) is 0 Å². The first kappa shape index (κ1) is 16.6. The van der Waals surface area contributed by atoms with Crippen molar-refractivity contribution in [3.05, 3.63) is 46.9 Å². The molecule has 2 N–H and O–H groups in total. The maximum atomic E-state index is 11.7. The normalized spacial score (nSPS) is 17.8. The molecule has 1 unspecified atom stereocenters. The number of allylic oxidation sites excluding steroid dienone is 2. The molecule has 126 valence electrons. The highest BCUT2D eigenvalue weighted by Gasteiger charge is 2.25. The minimum atomic E-state index is -0.981. The molecule has 0 aliphatic heterocycles. The van der Waals surface area contributed by atoms with Crippen LogP contribution < -0.4 is 5.32 Å². The number of rotatable bonds is 4. The molecular weight excluding hydrogens is 326 g/mol. The van der Waals surface area contributed by atoms with Crippen LogP contribution in [-0.2, 0) is 7.05 Å². The molecule has 2 aromatic rings. The number of hydrogen-bond donors (Lipinski definition) is 2. The molecule has 1 aliphatic carbocycles. The molecule has 2 aromatic heterocycles. The van der Waals surface area contributed by atoms with E-state index in [0.717, 1.165) is 17.3 Å². The molecule has 3 rings (SSSR count). The standard InChI is InChI=1S/C18H20ClN3O2/c1-10(2)11-4-5-14(13(19)8-11)21-16-12-9-20-7-6-15(12)22(3)17(16)18(23)24/h4,6-10,14,21H,5H2,1-3H3,(H,23,24). The van der Waals surface area contributed by atoms with Gasteiger partial charge in [0.05, 0.1) is 17.2 Å². The molecule has 1 atom stereocenters. The second kappa shape index (κ2) is 6.32. The topological polar surface area (TPSA) is 67.2 Å². The molecule has 0 spiro atoms. The van der Waals surface area contributed by atoms with E-state index in [0.29, 0.717) is 16.6 Å². The number of nitrogens with one attached hydrogen (secondary N) is 1. The van der Waals surface area contributed by atoms with Gasteiger partial charge in [0.25, 0.3) is 0 Å². The molecule has 0 bridgehead atoms. The van der Waals surface area contributed by atoms with Crippen molar-refractivity contribution in [2.45, 2.75) is 26.3 Å². The average Bonchev–Trinajstić information content (AvgIpc) is 2.82. The molecule has 2 heterocycles. The van der Waals surface area contributed by atoms with E-state index in [1.165, 1.54) is 5.57 Å². The van der Waals surface area contributed by atoms with E-state index in [9.17, 15) is 9.90 Å². The monoisotopic (exact) mass is 345 g/mol. The van der Waals surface area contributed by atoms with E-state index in [4.69, 9.17) is 11.6 Å². The number of carboxylic acid groups (broad SMARTS) is 1. The van der Waals surface area contributed by atoms with Crippen molar-refractivity contribution in [3.8, 4) is 0 Å². The number of pyridine rings is 1. The molecule has 6 heteroatoms. The summed E-state index contributed by atoms with van der Waals surface area (Å²) >= 11 is 6.45. The molecule has 0 fully saturated rings. The van der Waals surface area contributed by atoms with E-state index in [-0.39, 0.29) is 11.7 Å². The summed E-state index contributed by atoms with van der Waals surface area (Å²) in [6.07, 6.45) is 8.18. The summed E-state index contributed by atoms with van der Waals surface area (Å²) in [5, 5.41) is 14.4. The Kier molecular flexibility index (Phi) is 4.37. The number of carboxylic acids is 1. The molecule has 1 aliphatic rings. The highest BCUT2D eigenvalue weighted by atomic mass is 35.5. The van der Waals surface area contributed by atoms with Crippen molar-refractivity contribution in [2.24, 2.45) is 13.0 Å². The van der Waals surface area contributed by atoms with Gasteiger partial charge in [0.2, 0.25) is 0 Å². The van der Waals surface area contributed by atoms with Crippen molar-refractivity contribution < 1.29 is 9.90 Å². The second-order valence-electron chi connectivity index (χ2n) is 6.30. The number of fused-ring (bicyclic) bond motifs is 1. The van der Waals surface area contributed by atoms with Crippen molar-refractivity contribution in [1.29, 1.82) is 0 Å². The van der Waals surface area contributed by atoms with Crippen LogP contribution in [0.2, 0.25) is 0 Å². The number of aromatic nitrogens is 2. The Morgan fingerprint density at radius 3 is 2.88 bits per heavy atom. The minimum absolute atomic E-state index is 0.141. The average molecular weight is 346 g/mol. The van der Waals surface area contributed by atoms with Gasteiger partial charge in [-0.25, -0.2) is 4.79 Å². The van der Waals surface area contributed by atoms with Crippen LogP contribution in [0.4, 0.5) is 5.69 Å². The predicted octanol–water partition coefficient (Wildman–Crippen LogP) is 4.16. The van der Waals surface area contributed by atoms with Crippen LogP contribution in [0.1, 0.15) is 30.8 Å². The smallest absolute Gasteiger partial charge is 0.354 e. The van der Waals surface area contributed by atoms with Gasteiger partial charge in [-0.15, -0.1) is 0 Å². The molecule has 0 amide bonds. The molecule has 5 nitrogen and oxygen atoms in total. The molecular formula is C18H20ClN3O2. The zero-order valence-electron chi connectivity index (χ0n) is 13.9. The third-order valence-electron chi connectivity index (χ3n) is 4.42. The molecule has 0 aromatic carbocycles. The van der Waals surface area contributed by atoms with E-state index >= 15 is 0 Å². The van der Waals surface area contributed by atoms with Crippen LogP contribution in [0.25, 0.3) is 10.9 Å². The summed E-state index contributed by atoms with van der Waals surface area (Å²) in [4.78, 5) is 15.9. The SMILES string of the molecule is CC(C)C1=CCC(Nc2c(C(=O)O)n(C)c3ccncc23)C(Cl)=C1. The molecule has 24 heavy (non-hydrogen) atoms. The van der Waals surface area contributed by atoms with Crippen LogP contribution in [0.3, 0.4) is 0 Å². The number of aryl methyl sites for hydroxylation is 1. The second-order valence-corrected chi connectivity index (χ2v) is 6.74. The van der Waals surface area contributed by atoms with Gasteiger partial charge in [0, 0.05) is 29.9 Å². The van der Waals surface area contributed by atoms with Gasteiger partial charge in [0.15, 0.2) is 5.69 Å². The number of halogens is 1. The largest absolute Gasteiger partial charge is 0.477 e. The predicted molar refractivity (Wildman–Crippen MR) is 96.6 cm³/mol. The molecule has 0 saturated carbocycles. The van der Waals surface area contributed by atoms with Crippen molar-refractivity contribution in [2.75, 3.05) is 5.32 Å². The fourth-order valence-corrected chi connectivity index (χ4v) is 3.34. The summed E-state index contributed by atoms with van der Waals surface area (Å²) < 4.78 is 1.66. The van der Waals surface area contributed by atoms with Crippen LogP contribution >= 0.6 is 11.6 Å². The van der Waals surface area contributed by atoms with Crippen LogP contribution in [0.5, 0.6) is 0 Å². The Bertz CT molecular complexity index is 865. The Morgan fingerprint density at radius 1 is 1.50 bits per heavy atom. The zero-order chi connectivity index (χ0) is 17.4. The third kappa shape index (κ3) is 2.80. The number of anilines is 1. The first-order chi connectivity index (χ1) is 11.4. The van der Waals surface area contributed by atoms with Crippen LogP contribution in [0, 0.1) is 5.92 Å². The number of aromatic carboxylic acids is 1. The summed E-state index contributed by atoms with van der Waals surface area (Å²) in [6.45, 7) is 4.25. The van der Waals surface area contributed by atoms with E-state index in [2.05, 4.69) is 30.2 Å². The van der Waals surface area contributed by atoms with Gasteiger partial charge >= 0.3 is 5.97 Å². The van der Waals surface area contributed by atoms with Gasteiger partial charge in [0.1, 0.15) is 0 Å². The molecule has 0 radical (unpaired) electrons. The first-order valence-electron chi connectivity index (χ1n) is 7.89. The van der Waals surface area contributed by atoms with Crippen molar-refractivity contribution >= 4 is 34.2 Å². The minimum Gasteiger partial charge on any atom is -0.477 e. The Morgan fingerprint density at radius 2 is 2.25 bits per heavy atom. The maximum absolute atomic E-state index is 11.7. The lowest BCUT2D eigenvalue weighted by Gasteiger charge is -2.23. The first-order valence-corrected chi connectivity index (χ1v) is 8.27. The highest BCUT2D eigenvalue weighted by Crippen LogP contribution is 2.34. The van der Waals surface area contributed by atoms with Gasteiger partial charge in [-0.3, -0.25) is 4.98 Å². The van der Waals surface area contributed by atoms with Gasteiger partial charge in [-0.05, 0) is 30.1 Å². The fraction of sp³-hybridized carbons (Fsp3) is 0.333. The quantitative estimate of drug-likeness (QED) is 0.873. The van der Waals surface area contributed by atoms with E-state index in [1.54, 1.807) is 24.0 Å². The summed E-state index contributed by atoms with van der Waals surface area (Å²) in [5.74, 6) is -0.568. The zero-order valence-corrected chi connectivity index (χ0v) is 14.6. The van der Waals surface area contributed by atoms with Crippen molar-refractivity contribution in [1.82, 2.24) is 9.55 Å². The summed E-state index contributed by atoms with van der Waals surface area (Å²) in [6, 6.07) is 1.67. The van der Waals surface area contributed by atoms with Gasteiger partial charge in [-0.1, -0.05) is 31.5 Å². The Labute approximate surface area is 145 Å². The fourth-order valence-electron chi connectivity index (χ4n) is 3.07. The van der Waals surface area contributed by atoms with E-state index < -0.39 is 5.97 Å². The molecule has 0 saturated heterocycles. The lowest BCUT2D eigenvalue weighted by Crippen LogP contribution is -2.23. The Hall–Kier alpha value is -2.27. The van der Waals surface area contributed by atoms with Gasteiger partial charge in [-0.2, -0.15) is 0 Å². The number of carbonyl (C=O) groups is 1. The summed E-state index contributed by atoms with van der Waals surface area (Å²) in [5.41, 5.74) is 2.79. The lowest BCUT2D eigenvalue weighted by molar-refractivity contribution is 0.0688. The lowest BCUT2D eigenvalue weighted by atomic mass is 9.94. The Balaban J connectivity index is 2.01. The van der Waals surface area contributed by atoms with Crippen LogP contribution in [0.15, 0.2) is 41.2 Å². The number of nitrogens with zero attached hydrogens (tertiary/aromatic N) is 2. The van der Waals surface area contributed by atoms with Gasteiger partial charge < -0.3 is 15.0 Å².